The van der Waals surface area contributed by atoms with Gasteiger partial charge >= 0.3 is 0 Å². The van der Waals surface area contributed by atoms with Gasteiger partial charge in [0.25, 0.3) is 0 Å². The highest BCUT2D eigenvalue weighted by Gasteiger charge is 2.22. The Morgan fingerprint density at radius 3 is 2.86 bits per heavy atom. The van der Waals surface area contributed by atoms with Crippen LogP contribution in [0.25, 0.3) is 39.4 Å². The van der Waals surface area contributed by atoms with Gasteiger partial charge in [-0.15, -0.1) is 0 Å². The van der Waals surface area contributed by atoms with Crippen LogP contribution in [0.2, 0.25) is 0 Å². The highest BCUT2D eigenvalue weighted by atomic mass is 16.3. The molecule has 9 nitrogen and oxygen atoms in total. The minimum Gasteiger partial charge on any atom is -0.472 e. The molecule has 0 amide bonds. The minimum atomic E-state index is 0.499. The molecule has 7 rings (SSSR count). The summed E-state index contributed by atoms with van der Waals surface area (Å²) < 4.78 is 5.30. The third-order valence-electron chi connectivity index (χ3n) is 7.03. The first kappa shape index (κ1) is 21.5. The summed E-state index contributed by atoms with van der Waals surface area (Å²) in [5, 5.41) is 11.1. The van der Waals surface area contributed by atoms with Gasteiger partial charge in [0, 0.05) is 34.8 Å². The number of aliphatic imine (C=N–C) groups is 1. The normalized spacial score (nSPS) is 15.2. The van der Waals surface area contributed by atoms with Crippen LogP contribution in [0.15, 0.2) is 76.9 Å². The van der Waals surface area contributed by atoms with Gasteiger partial charge in [0.1, 0.15) is 5.52 Å². The molecule has 1 aliphatic carbocycles. The van der Waals surface area contributed by atoms with Crippen molar-refractivity contribution in [3.8, 4) is 22.8 Å². The molecule has 5 aromatic heterocycles. The maximum atomic E-state index is 5.30. The zero-order chi connectivity index (χ0) is 24.8. The van der Waals surface area contributed by atoms with Crippen molar-refractivity contribution in [1.82, 2.24) is 30.1 Å². The van der Waals surface area contributed by atoms with E-state index in [0.29, 0.717) is 24.0 Å². The molecule has 1 fully saturated rings. The van der Waals surface area contributed by atoms with Crippen molar-refractivity contribution in [2.24, 2.45) is 10.9 Å². The first-order valence-electron chi connectivity index (χ1n) is 12.3. The third kappa shape index (κ3) is 3.85. The maximum absolute atomic E-state index is 5.30. The van der Waals surface area contributed by atoms with E-state index >= 15 is 0 Å². The van der Waals surface area contributed by atoms with Crippen molar-refractivity contribution in [3.05, 3.63) is 84.5 Å². The number of anilines is 1. The van der Waals surface area contributed by atoms with Crippen LogP contribution in [0.5, 0.6) is 0 Å². The predicted octanol–water partition coefficient (Wildman–Crippen LogP) is 5.74. The SMILES string of the molecule is C=C(Nc1cncc(-c2ccc3[nH]nc(-c4nc5c([nH]4)CN=CC=C5c4ccoc4)c3n2)c1)C1CCC1. The molecule has 9 heteroatoms. The first-order valence-corrected chi connectivity index (χ1v) is 12.3. The number of furan rings is 1. The molecule has 5 aromatic rings. The molecule has 1 aliphatic heterocycles. The van der Waals surface area contributed by atoms with Crippen LogP contribution in [0.1, 0.15) is 36.2 Å². The molecular weight excluding hydrogens is 464 g/mol. The van der Waals surface area contributed by atoms with E-state index in [0.717, 1.165) is 56.2 Å². The highest BCUT2D eigenvalue weighted by molar-refractivity contribution is 5.94. The van der Waals surface area contributed by atoms with Crippen LogP contribution >= 0.6 is 0 Å². The van der Waals surface area contributed by atoms with Crippen LogP contribution in [0, 0.1) is 5.92 Å². The summed E-state index contributed by atoms with van der Waals surface area (Å²) in [6.07, 6.45) is 14.4. The van der Waals surface area contributed by atoms with E-state index in [9.17, 15) is 0 Å². The number of hydrogen-bond acceptors (Lipinski definition) is 7. The predicted molar refractivity (Wildman–Crippen MR) is 143 cm³/mol. The van der Waals surface area contributed by atoms with Gasteiger partial charge in [0.2, 0.25) is 0 Å². The highest BCUT2D eigenvalue weighted by Crippen LogP contribution is 2.34. The summed E-state index contributed by atoms with van der Waals surface area (Å²) in [5.41, 5.74) is 9.53. The van der Waals surface area contributed by atoms with E-state index in [1.54, 1.807) is 18.7 Å². The number of H-pyrrole nitrogens is 2. The number of rotatable bonds is 6. The van der Waals surface area contributed by atoms with Crippen molar-refractivity contribution < 1.29 is 4.42 Å². The second-order valence-corrected chi connectivity index (χ2v) is 9.40. The van der Waals surface area contributed by atoms with Gasteiger partial charge in [0.05, 0.1) is 53.6 Å². The number of imidazole rings is 1. The van der Waals surface area contributed by atoms with Crippen molar-refractivity contribution in [3.63, 3.8) is 0 Å². The molecule has 0 atom stereocenters. The summed E-state index contributed by atoms with van der Waals surface area (Å²) in [5.74, 6) is 1.18. The Bertz CT molecular complexity index is 1680. The third-order valence-corrected chi connectivity index (χ3v) is 7.03. The van der Waals surface area contributed by atoms with Crippen molar-refractivity contribution in [2.45, 2.75) is 25.8 Å². The van der Waals surface area contributed by atoms with Gasteiger partial charge in [-0.05, 0) is 49.1 Å². The van der Waals surface area contributed by atoms with Gasteiger partial charge < -0.3 is 14.7 Å². The van der Waals surface area contributed by atoms with E-state index in [4.69, 9.17) is 14.4 Å². The van der Waals surface area contributed by atoms with E-state index in [2.05, 4.69) is 43.1 Å². The Kier molecular flexibility index (Phi) is 5.05. The molecule has 0 bridgehead atoms. The number of aromatic nitrogens is 6. The first-order chi connectivity index (χ1) is 18.2. The molecule has 6 heterocycles. The van der Waals surface area contributed by atoms with E-state index in [-0.39, 0.29) is 0 Å². The fourth-order valence-corrected chi connectivity index (χ4v) is 4.78. The van der Waals surface area contributed by atoms with Crippen LogP contribution in [0.3, 0.4) is 0 Å². The molecular formula is C28H24N8O. The zero-order valence-electron chi connectivity index (χ0n) is 20.0. The second-order valence-electron chi connectivity index (χ2n) is 9.40. The number of pyridine rings is 2. The van der Waals surface area contributed by atoms with E-state index < -0.39 is 0 Å². The number of hydrogen-bond donors (Lipinski definition) is 3. The van der Waals surface area contributed by atoms with Crippen LogP contribution in [0.4, 0.5) is 5.69 Å². The smallest absolute Gasteiger partial charge is 0.161 e. The van der Waals surface area contributed by atoms with E-state index in [1.165, 1.54) is 19.3 Å². The number of fused-ring (bicyclic) bond motifs is 2. The fraction of sp³-hybridized carbons (Fsp3) is 0.179. The van der Waals surface area contributed by atoms with Crippen LogP contribution < -0.4 is 5.32 Å². The number of nitrogens with zero attached hydrogens (tertiary/aromatic N) is 5. The number of nitrogens with one attached hydrogen (secondary N) is 3. The molecule has 0 radical (unpaired) electrons. The summed E-state index contributed by atoms with van der Waals surface area (Å²) in [6, 6.07) is 7.92. The molecule has 0 aromatic carbocycles. The van der Waals surface area contributed by atoms with Gasteiger partial charge in [-0.2, -0.15) is 5.10 Å². The average Bonchev–Trinajstić information content (AvgIpc) is 3.61. The Morgan fingerprint density at radius 1 is 1.08 bits per heavy atom. The van der Waals surface area contributed by atoms with Gasteiger partial charge in [-0.3, -0.25) is 15.1 Å². The van der Waals surface area contributed by atoms with Gasteiger partial charge in [-0.1, -0.05) is 13.0 Å². The van der Waals surface area contributed by atoms with Crippen molar-refractivity contribution in [2.75, 3.05) is 5.32 Å². The Balaban J connectivity index is 1.24. The largest absolute Gasteiger partial charge is 0.472 e. The Morgan fingerprint density at radius 2 is 2.03 bits per heavy atom. The number of aromatic amines is 2. The van der Waals surface area contributed by atoms with Crippen LogP contribution in [-0.2, 0) is 6.54 Å². The lowest BCUT2D eigenvalue weighted by atomic mass is 9.83. The Hall–Kier alpha value is -4.79. The zero-order valence-corrected chi connectivity index (χ0v) is 20.0. The Labute approximate surface area is 212 Å². The lowest BCUT2D eigenvalue weighted by molar-refractivity contribution is 0.371. The summed E-state index contributed by atoms with van der Waals surface area (Å²) in [4.78, 5) is 22.2. The lowest BCUT2D eigenvalue weighted by Crippen LogP contribution is -2.18. The topological polar surface area (TPSA) is 121 Å². The minimum absolute atomic E-state index is 0.499. The fourth-order valence-electron chi connectivity index (χ4n) is 4.78. The van der Waals surface area contributed by atoms with Crippen molar-refractivity contribution >= 4 is 28.5 Å². The molecule has 0 spiro atoms. The second kappa shape index (κ2) is 8.70. The lowest BCUT2D eigenvalue weighted by Gasteiger charge is -2.28. The molecule has 1 saturated carbocycles. The van der Waals surface area contributed by atoms with Crippen molar-refractivity contribution in [1.29, 1.82) is 0 Å². The molecule has 2 aliphatic rings. The summed E-state index contributed by atoms with van der Waals surface area (Å²) in [6.45, 7) is 4.71. The van der Waals surface area contributed by atoms with Gasteiger partial charge in [0.15, 0.2) is 11.5 Å². The molecule has 0 unspecified atom stereocenters. The quantitative estimate of drug-likeness (QED) is 0.280. The summed E-state index contributed by atoms with van der Waals surface area (Å²) in [7, 11) is 0. The van der Waals surface area contributed by atoms with Crippen LogP contribution in [-0.4, -0.2) is 36.3 Å². The van der Waals surface area contributed by atoms with Gasteiger partial charge in [-0.25, -0.2) is 9.97 Å². The molecule has 182 valence electrons. The molecule has 0 saturated heterocycles. The maximum Gasteiger partial charge on any atom is 0.161 e. The van der Waals surface area contributed by atoms with E-state index in [1.807, 2.05) is 36.7 Å². The molecule has 3 N–H and O–H groups in total. The monoisotopic (exact) mass is 488 g/mol. The average molecular weight is 489 g/mol. The number of allylic oxidation sites excluding steroid dienone is 2. The standard InChI is InChI=1S/C28H24N8O/c1-16(17-3-2-4-17)31-20-11-19(12-30-13-20)22-5-6-23-26(32-22)27(36-35-23)28-33-24-14-29-9-7-21(25(24)34-28)18-8-10-37-15-18/h5-13,15,17,31H,1-4,14H2,(H,33,34)(H,35,36). The molecule has 37 heavy (non-hydrogen) atoms. The summed E-state index contributed by atoms with van der Waals surface area (Å²) >= 11 is 0.